The molecule has 1 atom stereocenters. The summed E-state index contributed by atoms with van der Waals surface area (Å²) in [5.41, 5.74) is 0.983. The van der Waals surface area contributed by atoms with Gasteiger partial charge < -0.3 is 5.32 Å². The second-order valence-corrected chi connectivity index (χ2v) is 4.02. The van der Waals surface area contributed by atoms with Gasteiger partial charge in [0.15, 0.2) is 0 Å². The standard InChI is InChI=1S/C13H17FN2/c1-2-13(16-8-6-15-7-9-16)11-4-3-5-12(14)10-11/h2-5,10,13,15H,1,6-9H2/t13-/m1/s1. The molecule has 1 aliphatic heterocycles. The fourth-order valence-corrected chi connectivity index (χ4v) is 2.15. The first-order chi connectivity index (χ1) is 7.81. The summed E-state index contributed by atoms with van der Waals surface area (Å²) in [6.07, 6.45) is 1.89. The summed E-state index contributed by atoms with van der Waals surface area (Å²) in [5, 5.41) is 3.31. The van der Waals surface area contributed by atoms with E-state index in [-0.39, 0.29) is 11.9 Å². The molecule has 0 amide bonds. The lowest BCUT2D eigenvalue weighted by atomic mass is 10.0. The molecule has 16 heavy (non-hydrogen) atoms. The number of piperazine rings is 1. The van der Waals surface area contributed by atoms with Crippen molar-refractivity contribution >= 4 is 0 Å². The van der Waals surface area contributed by atoms with Crippen LogP contribution in [0.1, 0.15) is 11.6 Å². The Morgan fingerprint density at radius 3 is 2.75 bits per heavy atom. The molecular formula is C13H17FN2. The number of halogens is 1. The highest BCUT2D eigenvalue weighted by atomic mass is 19.1. The minimum atomic E-state index is -0.181. The molecular weight excluding hydrogens is 203 g/mol. The van der Waals surface area contributed by atoms with Crippen LogP contribution in [0.2, 0.25) is 0 Å². The Morgan fingerprint density at radius 2 is 2.12 bits per heavy atom. The molecule has 1 saturated heterocycles. The van der Waals surface area contributed by atoms with Gasteiger partial charge in [0.1, 0.15) is 5.82 Å². The number of nitrogens with one attached hydrogen (secondary N) is 1. The fourth-order valence-electron chi connectivity index (χ4n) is 2.15. The van der Waals surface area contributed by atoms with Crippen LogP contribution in [-0.4, -0.2) is 31.1 Å². The highest BCUT2D eigenvalue weighted by Crippen LogP contribution is 2.22. The van der Waals surface area contributed by atoms with Gasteiger partial charge in [-0.1, -0.05) is 18.2 Å². The maximum Gasteiger partial charge on any atom is 0.123 e. The third-order valence-electron chi connectivity index (χ3n) is 2.96. The van der Waals surface area contributed by atoms with E-state index in [1.54, 1.807) is 12.1 Å². The molecule has 0 unspecified atom stereocenters. The third kappa shape index (κ3) is 2.49. The van der Waals surface area contributed by atoms with E-state index in [1.807, 2.05) is 12.1 Å². The Morgan fingerprint density at radius 1 is 1.38 bits per heavy atom. The van der Waals surface area contributed by atoms with Crippen molar-refractivity contribution in [3.63, 3.8) is 0 Å². The summed E-state index contributed by atoms with van der Waals surface area (Å²) < 4.78 is 13.2. The van der Waals surface area contributed by atoms with Crippen LogP contribution < -0.4 is 5.32 Å². The lowest BCUT2D eigenvalue weighted by Crippen LogP contribution is -2.44. The van der Waals surface area contributed by atoms with Gasteiger partial charge in [-0.2, -0.15) is 0 Å². The monoisotopic (exact) mass is 220 g/mol. The molecule has 1 aromatic rings. The van der Waals surface area contributed by atoms with E-state index in [0.717, 1.165) is 31.7 Å². The SMILES string of the molecule is C=C[C@H](c1cccc(F)c1)N1CCNCC1. The molecule has 2 nitrogen and oxygen atoms in total. The Bertz CT molecular complexity index is 359. The predicted octanol–water partition coefficient (Wildman–Crippen LogP) is 1.96. The van der Waals surface area contributed by atoms with E-state index < -0.39 is 0 Å². The van der Waals surface area contributed by atoms with Crippen LogP contribution in [0.25, 0.3) is 0 Å². The zero-order chi connectivity index (χ0) is 11.4. The summed E-state index contributed by atoms with van der Waals surface area (Å²) in [6.45, 7) is 7.79. The molecule has 0 aromatic heterocycles. The highest BCUT2D eigenvalue weighted by molar-refractivity contribution is 5.23. The van der Waals surface area contributed by atoms with E-state index in [1.165, 1.54) is 6.07 Å². The van der Waals surface area contributed by atoms with Crippen LogP contribution in [-0.2, 0) is 0 Å². The molecule has 0 aliphatic carbocycles. The molecule has 0 saturated carbocycles. The number of rotatable bonds is 3. The van der Waals surface area contributed by atoms with Gasteiger partial charge in [0.05, 0.1) is 6.04 Å². The zero-order valence-corrected chi connectivity index (χ0v) is 9.32. The number of nitrogens with zero attached hydrogens (tertiary/aromatic N) is 1. The normalized spacial score (nSPS) is 19.3. The summed E-state index contributed by atoms with van der Waals surface area (Å²) in [7, 11) is 0. The highest BCUT2D eigenvalue weighted by Gasteiger charge is 2.19. The van der Waals surface area contributed by atoms with Crippen LogP contribution >= 0.6 is 0 Å². The quantitative estimate of drug-likeness (QED) is 0.783. The average molecular weight is 220 g/mol. The first-order valence-corrected chi connectivity index (χ1v) is 5.64. The minimum absolute atomic E-state index is 0.123. The van der Waals surface area contributed by atoms with Crippen LogP contribution in [0.4, 0.5) is 4.39 Å². The molecule has 1 N–H and O–H groups in total. The maximum absolute atomic E-state index is 13.2. The Hall–Kier alpha value is -1.19. The van der Waals surface area contributed by atoms with E-state index in [2.05, 4.69) is 16.8 Å². The van der Waals surface area contributed by atoms with Gasteiger partial charge in [-0.3, -0.25) is 4.90 Å². The lowest BCUT2D eigenvalue weighted by molar-refractivity contribution is 0.203. The van der Waals surface area contributed by atoms with Crippen molar-refractivity contribution in [1.29, 1.82) is 0 Å². The lowest BCUT2D eigenvalue weighted by Gasteiger charge is -2.33. The van der Waals surface area contributed by atoms with Crippen LogP contribution in [0.15, 0.2) is 36.9 Å². The Labute approximate surface area is 95.8 Å². The number of benzene rings is 1. The Kier molecular flexibility index (Phi) is 3.70. The Balaban J connectivity index is 2.17. The molecule has 1 fully saturated rings. The predicted molar refractivity (Wildman–Crippen MR) is 63.8 cm³/mol. The third-order valence-corrected chi connectivity index (χ3v) is 2.96. The zero-order valence-electron chi connectivity index (χ0n) is 9.32. The molecule has 0 bridgehead atoms. The van der Waals surface area contributed by atoms with Crippen molar-refractivity contribution in [2.24, 2.45) is 0 Å². The van der Waals surface area contributed by atoms with Crippen molar-refractivity contribution in [3.05, 3.63) is 48.3 Å². The largest absolute Gasteiger partial charge is 0.314 e. The topological polar surface area (TPSA) is 15.3 Å². The average Bonchev–Trinajstić information content (AvgIpc) is 2.31. The van der Waals surface area contributed by atoms with E-state index in [9.17, 15) is 4.39 Å². The van der Waals surface area contributed by atoms with E-state index in [0.29, 0.717) is 0 Å². The molecule has 3 heteroatoms. The van der Waals surface area contributed by atoms with Crippen LogP contribution in [0, 0.1) is 5.82 Å². The van der Waals surface area contributed by atoms with Crippen LogP contribution in [0.5, 0.6) is 0 Å². The van der Waals surface area contributed by atoms with Gasteiger partial charge in [-0.05, 0) is 17.7 Å². The van der Waals surface area contributed by atoms with Crippen molar-refractivity contribution < 1.29 is 4.39 Å². The minimum Gasteiger partial charge on any atom is -0.314 e. The maximum atomic E-state index is 13.2. The fraction of sp³-hybridized carbons (Fsp3) is 0.385. The van der Waals surface area contributed by atoms with E-state index >= 15 is 0 Å². The second-order valence-electron chi connectivity index (χ2n) is 4.02. The van der Waals surface area contributed by atoms with Gasteiger partial charge in [0.25, 0.3) is 0 Å². The summed E-state index contributed by atoms with van der Waals surface area (Å²) >= 11 is 0. The number of hydrogen-bond acceptors (Lipinski definition) is 2. The summed E-state index contributed by atoms with van der Waals surface area (Å²) in [6, 6.07) is 6.90. The summed E-state index contributed by atoms with van der Waals surface area (Å²) in [5.74, 6) is -0.181. The van der Waals surface area contributed by atoms with Crippen molar-refractivity contribution in [1.82, 2.24) is 10.2 Å². The van der Waals surface area contributed by atoms with Gasteiger partial charge in [-0.15, -0.1) is 6.58 Å². The molecule has 0 radical (unpaired) electrons. The smallest absolute Gasteiger partial charge is 0.123 e. The van der Waals surface area contributed by atoms with Gasteiger partial charge in [-0.25, -0.2) is 4.39 Å². The molecule has 1 aromatic carbocycles. The van der Waals surface area contributed by atoms with Gasteiger partial charge in [0, 0.05) is 26.2 Å². The van der Waals surface area contributed by atoms with Crippen molar-refractivity contribution in [3.8, 4) is 0 Å². The molecule has 1 aliphatic rings. The van der Waals surface area contributed by atoms with Crippen molar-refractivity contribution in [2.45, 2.75) is 6.04 Å². The van der Waals surface area contributed by atoms with Crippen LogP contribution in [0.3, 0.4) is 0 Å². The van der Waals surface area contributed by atoms with E-state index in [4.69, 9.17) is 0 Å². The molecule has 0 spiro atoms. The summed E-state index contributed by atoms with van der Waals surface area (Å²) in [4.78, 5) is 2.32. The molecule has 86 valence electrons. The first kappa shape index (κ1) is 11.3. The molecule has 1 heterocycles. The van der Waals surface area contributed by atoms with Gasteiger partial charge in [0.2, 0.25) is 0 Å². The molecule has 2 rings (SSSR count). The second kappa shape index (κ2) is 5.23. The van der Waals surface area contributed by atoms with Crippen molar-refractivity contribution in [2.75, 3.05) is 26.2 Å². The number of hydrogen-bond donors (Lipinski definition) is 1. The first-order valence-electron chi connectivity index (χ1n) is 5.64. The van der Waals surface area contributed by atoms with Gasteiger partial charge >= 0.3 is 0 Å².